The van der Waals surface area contributed by atoms with E-state index in [1.54, 1.807) is 0 Å². The lowest BCUT2D eigenvalue weighted by Gasteiger charge is -2.31. The Morgan fingerprint density at radius 3 is 2.09 bits per heavy atom. The Kier molecular flexibility index (Phi) is 9.00. The second-order valence-corrected chi connectivity index (χ2v) is 8.73. The van der Waals surface area contributed by atoms with Gasteiger partial charge in [-0.25, -0.2) is 0 Å². The van der Waals surface area contributed by atoms with Crippen LogP contribution in [0.3, 0.4) is 0 Å². The molecule has 180 valence electrons. The van der Waals surface area contributed by atoms with Gasteiger partial charge in [0.1, 0.15) is 0 Å². The molecule has 5 nitrogen and oxygen atoms in total. The van der Waals surface area contributed by atoms with Crippen LogP contribution in [-0.4, -0.2) is 48.9 Å². The molecule has 3 aliphatic rings. The molecule has 0 bridgehead atoms. The van der Waals surface area contributed by atoms with E-state index in [1.807, 2.05) is 4.90 Å². The molecule has 1 aliphatic carbocycles. The van der Waals surface area contributed by atoms with Gasteiger partial charge in [-0.3, -0.25) is 9.59 Å². The molecule has 7 heteroatoms. The first-order valence-corrected chi connectivity index (χ1v) is 11.6. The summed E-state index contributed by atoms with van der Waals surface area (Å²) in [6.45, 7) is 2.33. The number of fused-ring (bicyclic) bond motifs is 2. The number of hydrogen-bond acceptors (Lipinski definition) is 3. The summed E-state index contributed by atoms with van der Waals surface area (Å²) in [7, 11) is 0. The summed E-state index contributed by atoms with van der Waals surface area (Å²) in [5.74, 6) is -0.0569. The van der Waals surface area contributed by atoms with Crippen molar-refractivity contribution in [2.24, 2.45) is 0 Å². The highest BCUT2D eigenvalue weighted by Gasteiger charge is 2.26. The number of piperidine rings is 1. The van der Waals surface area contributed by atoms with E-state index in [1.165, 1.54) is 33.4 Å². The van der Waals surface area contributed by atoms with Gasteiger partial charge in [0.15, 0.2) is 0 Å². The van der Waals surface area contributed by atoms with E-state index in [2.05, 4.69) is 71.3 Å². The zero-order chi connectivity index (χ0) is 21.9. The molecule has 0 unspecified atom stereocenters. The molecule has 1 atom stereocenters. The summed E-state index contributed by atoms with van der Waals surface area (Å²) in [6, 6.07) is 16.9. The van der Waals surface area contributed by atoms with Gasteiger partial charge in [-0.15, -0.1) is 12.4 Å². The van der Waals surface area contributed by atoms with Crippen LogP contribution in [0, 0.1) is 0 Å². The monoisotopic (exact) mass is 497 g/mol. The summed E-state index contributed by atoms with van der Waals surface area (Å²) >= 11 is 0. The Balaban J connectivity index is 0.00000162. The summed E-state index contributed by atoms with van der Waals surface area (Å²) < 4.78 is 0. The number of nitrogens with one attached hydrogen (secondary N) is 2. The van der Waals surface area contributed by atoms with Crippen LogP contribution in [0.15, 0.2) is 54.1 Å². The third-order valence-electron chi connectivity index (χ3n) is 6.77. The van der Waals surface area contributed by atoms with Crippen LogP contribution in [0.2, 0.25) is 0 Å². The van der Waals surface area contributed by atoms with Gasteiger partial charge < -0.3 is 15.5 Å². The molecule has 5 rings (SSSR count). The van der Waals surface area contributed by atoms with Crippen molar-refractivity contribution < 1.29 is 9.59 Å². The van der Waals surface area contributed by atoms with E-state index in [-0.39, 0.29) is 50.3 Å². The smallest absolute Gasteiger partial charge is 0.241 e. The molecule has 0 radical (unpaired) electrons. The summed E-state index contributed by atoms with van der Waals surface area (Å²) in [6.07, 6.45) is 7.95. The number of benzene rings is 2. The summed E-state index contributed by atoms with van der Waals surface area (Å²) in [4.78, 5) is 26.8. The second kappa shape index (κ2) is 11.7. The van der Waals surface area contributed by atoms with Gasteiger partial charge >= 0.3 is 0 Å². The fourth-order valence-electron chi connectivity index (χ4n) is 5.03. The zero-order valence-corrected chi connectivity index (χ0v) is 21.0. The van der Waals surface area contributed by atoms with E-state index in [4.69, 9.17) is 0 Å². The molecule has 2 heterocycles. The third-order valence-corrected chi connectivity index (χ3v) is 6.77. The Bertz CT molecular complexity index is 1050. The van der Waals surface area contributed by atoms with E-state index in [9.17, 15) is 9.59 Å². The highest BCUT2D eigenvalue weighted by atomic mass is 35.5. The van der Waals surface area contributed by atoms with Crippen LogP contribution < -0.4 is 10.6 Å². The number of carbonyl (C=O) groups excluding carboxylic acids is 2. The topological polar surface area (TPSA) is 61.4 Å². The standard InChI is InChI=1S/C27H29N3O2.ClH.H2S/c31-25(18-29-27(32)24-10-5-15-28-24)30-16-13-21(14-17-30)26-22-8-3-1-6-19(22)11-12-20-7-2-4-9-23(20)26;;/h1-4,6-9,11-12,24,28H,5,10,13-18H2,(H,29,32);1H;1H2/t24-;;/m0../s1. The number of carbonyl (C=O) groups is 2. The fourth-order valence-corrected chi connectivity index (χ4v) is 5.03. The van der Waals surface area contributed by atoms with Crippen molar-refractivity contribution in [1.29, 1.82) is 0 Å². The maximum absolute atomic E-state index is 12.7. The van der Waals surface area contributed by atoms with Crippen molar-refractivity contribution in [3.05, 3.63) is 76.4 Å². The highest BCUT2D eigenvalue weighted by Crippen LogP contribution is 2.38. The van der Waals surface area contributed by atoms with Gasteiger partial charge in [0, 0.05) is 13.1 Å². The molecule has 0 spiro atoms. The zero-order valence-electron chi connectivity index (χ0n) is 19.2. The van der Waals surface area contributed by atoms with Gasteiger partial charge in [-0.05, 0) is 60.1 Å². The van der Waals surface area contributed by atoms with Crippen molar-refractivity contribution in [3.63, 3.8) is 0 Å². The maximum Gasteiger partial charge on any atom is 0.241 e. The lowest BCUT2D eigenvalue weighted by atomic mass is 9.86. The number of hydrogen-bond donors (Lipinski definition) is 2. The normalized spacial score (nSPS) is 18.7. The molecule has 0 aromatic heterocycles. The molecule has 2 saturated heterocycles. The maximum atomic E-state index is 12.7. The van der Waals surface area contributed by atoms with Crippen molar-refractivity contribution >= 4 is 55.4 Å². The molecule has 0 saturated carbocycles. The highest BCUT2D eigenvalue weighted by molar-refractivity contribution is 7.59. The summed E-state index contributed by atoms with van der Waals surface area (Å²) in [5.41, 5.74) is 7.70. The van der Waals surface area contributed by atoms with Crippen LogP contribution in [0.25, 0.3) is 17.7 Å². The second-order valence-electron chi connectivity index (χ2n) is 8.73. The van der Waals surface area contributed by atoms with Crippen molar-refractivity contribution in [1.82, 2.24) is 15.5 Å². The fraction of sp³-hybridized carbons (Fsp3) is 0.333. The Morgan fingerprint density at radius 1 is 0.941 bits per heavy atom. The molecule has 2 fully saturated rings. The first-order chi connectivity index (χ1) is 15.7. The minimum Gasteiger partial charge on any atom is -0.346 e. The number of rotatable bonds is 3. The van der Waals surface area contributed by atoms with Gasteiger partial charge in [0.2, 0.25) is 11.8 Å². The van der Waals surface area contributed by atoms with Crippen molar-refractivity contribution in [2.45, 2.75) is 31.7 Å². The minimum atomic E-state index is -0.149. The van der Waals surface area contributed by atoms with Crippen LogP contribution in [-0.2, 0) is 9.59 Å². The average molecular weight is 498 g/mol. The van der Waals surface area contributed by atoms with Crippen LogP contribution in [0.5, 0.6) is 0 Å². The van der Waals surface area contributed by atoms with Gasteiger partial charge in [-0.1, -0.05) is 66.3 Å². The average Bonchev–Trinajstić information content (AvgIpc) is 3.33. The largest absolute Gasteiger partial charge is 0.346 e. The first-order valence-electron chi connectivity index (χ1n) is 11.6. The number of halogens is 1. The molecule has 2 aromatic rings. The Labute approximate surface area is 214 Å². The number of nitrogens with zero attached hydrogens (tertiary/aromatic N) is 1. The Hall–Kier alpha value is -2.54. The van der Waals surface area contributed by atoms with Crippen LogP contribution in [0.1, 0.15) is 47.9 Å². The first kappa shape index (κ1) is 26.1. The van der Waals surface area contributed by atoms with Crippen molar-refractivity contribution in [2.75, 3.05) is 26.2 Å². The minimum absolute atomic E-state index is 0. The number of likely N-dealkylation sites (tertiary alicyclic amines) is 1. The molecule has 2 aromatic carbocycles. The van der Waals surface area contributed by atoms with Crippen molar-refractivity contribution in [3.8, 4) is 0 Å². The molecular formula is C27H32ClN3O2S. The molecule has 2 N–H and O–H groups in total. The van der Waals surface area contributed by atoms with E-state index in [0.717, 1.165) is 32.2 Å². The molecular weight excluding hydrogens is 466 g/mol. The van der Waals surface area contributed by atoms with E-state index < -0.39 is 0 Å². The summed E-state index contributed by atoms with van der Waals surface area (Å²) in [5, 5.41) is 5.99. The molecule has 2 aliphatic heterocycles. The lowest BCUT2D eigenvalue weighted by Crippen LogP contribution is -2.47. The molecule has 2 amide bonds. The van der Waals surface area contributed by atoms with Gasteiger partial charge in [-0.2, -0.15) is 13.5 Å². The SMILES string of the molecule is Cl.O=C(NCC(=O)N1CCC(=C2c3ccccc3C=Cc3ccccc32)CC1)[C@@H]1CCCN1.S. The number of amides is 2. The predicted molar refractivity (Wildman–Crippen MR) is 145 cm³/mol. The van der Waals surface area contributed by atoms with E-state index >= 15 is 0 Å². The quantitative estimate of drug-likeness (QED) is 0.575. The predicted octanol–water partition coefficient (Wildman–Crippen LogP) is 4.00. The van der Waals surface area contributed by atoms with Crippen LogP contribution >= 0.6 is 25.9 Å². The third kappa shape index (κ3) is 5.40. The van der Waals surface area contributed by atoms with Gasteiger partial charge in [0.05, 0.1) is 12.6 Å². The van der Waals surface area contributed by atoms with Crippen LogP contribution in [0.4, 0.5) is 0 Å². The molecule has 34 heavy (non-hydrogen) atoms. The van der Waals surface area contributed by atoms with Gasteiger partial charge in [0.25, 0.3) is 0 Å². The van der Waals surface area contributed by atoms with E-state index in [0.29, 0.717) is 13.1 Å². The Morgan fingerprint density at radius 2 is 1.53 bits per heavy atom. The lowest BCUT2D eigenvalue weighted by molar-refractivity contribution is -0.133.